The molecule has 2 rings (SSSR count). The van der Waals surface area contributed by atoms with Crippen LogP contribution in [-0.2, 0) is 4.79 Å². The van der Waals surface area contributed by atoms with Gasteiger partial charge in [0.15, 0.2) is 6.61 Å². The van der Waals surface area contributed by atoms with Gasteiger partial charge in [0, 0.05) is 4.47 Å². The Bertz CT molecular complexity index is 685. The van der Waals surface area contributed by atoms with Crippen LogP contribution in [0.3, 0.4) is 0 Å². The first-order valence-electron chi connectivity index (χ1n) is 7.57. The minimum Gasteiger partial charge on any atom is -0.481 e. The van der Waals surface area contributed by atoms with Crippen LogP contribution in [0.5, 0.6) is 11.5 Å². The van der Waals surface area contributed by atoms with Crippen LogP contribution >= 0.6 is 15.9 Å². The lowest BCUT2D eigenvalue weighted by atomic mass is 10.0. The Morgan fingerprint density at radius 2 is 1.74 bits per heavy atom. The van der Waals surface area contributed by atoms with E-state index in [4.69, 9.17) is 9.47 Å². The van der Waals surface area contributed by atoms with Gasteiger partial charge in [-0.1, -0.05) is 48.0 Å². The van der Waals surface area contributed by atoms with Crippen molar-refractivity contribution in [2.45, 2.75) is 33.6 Å². The lowest BCUT2D eigenvalue weighted by Gasteiger charge is -2.14. The highest BCUT2D eigenvalue weighted by atomic mass is 79.9. The molecule has 0 aliphatic carbocycles. The van der Waals surface area contributed by atoms with Crippen molar-refractivity contribution in [3.05, 3.63) is 57.6 Å². The number of hydrogen-bond acceptors (Lipinski definition) is 3. The fourth-order valence-electron chi connectivity index (χ4n) is 2.46. The second-order valence-corrected chi connectivity index (χ2v) is 6.74. The largest absolute Gasteiger partial charge is 0.481 e. The van der Waals surface area contributed by atoms with Crippen molar-refractivity contribution in [1.82, 2.24) is 0 Å². The molecule has 0 aliphatic rings. The number of aryl methyl sites for hydroxylation is 2. The number of ether oxygens (including phenoxy) is 2. The number of halogens is 1. The topological polar surface area (TPSA) is 35.5 Å². The third-order valence-corrected chi connectivity index (χ3v) is 3.98. The average Bonchev–Trinajstić information content (AvgIpc) is 2.46. The maximum Gasteiger partial charge on any atom is 0.349 e. The summed E-state index contributed by atoms with van der Waals surface area (Å²) in [5, 5.41) is 0. The van der Waals surface area contributed by atoms with Gasteiger partial charge in [0.05, 0.1) is 0 Å². The molecule has 0 saturated heterocycles. The molecule has 4 heteroatoms. The normalized spacial score (nSPS) is 10.7. The molecule has 0 radical (unpaired) electrons. The van der Waals surface area contributed by atoms with E-state index in [0.717, 1.165) is 26.9 Å². The van der Waals surface area contributed by atoms with E-state index in [1.165, 1.54) is 0 Å². The summed E-state index contributed by atoms with van der Waals surface area (Å²) < 4.78 is 12.1. The summed E-state index contributed by atoms with van der Waals surface area (Å²) in [6, 6.07) is 11.5. The lowest BCUT2D eigenvalue weighted by molar-refractivity contribution is -0.136. The summed E-state index contributed by atoms with van der Waals surface area (Å²) in [4.78, 5) is 12.1. The van der Waals surface area contributed by atoms with Crippen molar-refractivity contribution in [3.8, 4) is 11.5 Å². The fraction of sp³-hybridized carbons (Fsp3) is 0.316. The van der Waals surface area contributed by atoms with Gasteiger partial charge in [-0.05, 0) is 54.7 Å². The first-order chi connectivity index (χ1) is 10.9. The van der Waals surface area contributed by atoms with Gasteiger partial charge in [-0.25, -0.2) is 4.79 Å². The van der Waals surface area contributed by atoms with Crippen molar-refractivity contribution in [1.29, 1.82) is 0 Å². The average molecular weight is 377 g/mol. The second-order valence-electron chi connectivity index (χ2n) is 5.82. The minimum absolute atomic E-state index is 0.115. The molecule has 0 fully saturated rings. The van der Waals surface area contributed by atoms with Crippen molar-refractivity contribution in [2.24, 2.45) is 0 Å². The number of para-hydroxylation sites is 1. The van der Waals surface area contributed by atoms with E-state index >= 15 is 0 Å². The molecular formula is C19H21BrO3. The Morgan fingerprint density at radius 3 is 2.35 bits per heavy atom. The number of benzene rings is 2. The van der Waals surface area contributed by atoms with E-state index in [1.54, 1.807) is 0 Å². The zero-order chi connectivity index (χ0) is 17.0. The smallest absolute Gasteiger partial charge is 0.349 e. The van der Waals surface area contributed by atoms with Crippen LogP contribution in [-0.4, -0.2) is 12.6 Å². The molecule has 23 heavy (non-hydrogen) atoms. The Labute approximate surface area is 145 Å². The van der Waals surface area contributed by atoms with Crippen LogP contribution in [0.15, 0.2) is 40.9 Å². The molecular weight excluding hydrogens is 356 g/mol. The highest BCUT2D eigenvalue weighted by Gasteiger charge is 2.13. The van der Waals surface area contributed by atoms with Crippen LogP contribution < -0.4 is 9.47 Å². The van der Waals surface area contributed by atoms with Gasteiger partial charge in [-0.15, -0.1) is 0 Å². The summed E-state index contributed by atoms with van der Waals surface area (Å²) in [7, 11) is 0. The molecule has 0 saturated carbocycles. The Balaban J connectivity index is 2.04. The lowest BCUT2D eigenvalue weighted by Crippen LogP contribution is -2.19. The minimum atomic E-state index is -0.403. The molecule has 2 aromatic rings. The first-order valence-corrected chi connectivity index (χ1v) is 8.37. The fourth-order valence-corrected chi connectivity index (χ4v) is 3.15. The zero-order valence-electron chi connectivity index (χ0n) is 13.9. The number of rotatable bonds is 5. The molecule has 2 aromatic carbocycles. The first kappa shape index (κ1) is 17.5. The third-order valence-electron chi connectivity index (χ3n) is 3.52. The Hall–Kier alpha value is -1.81. The number of carbonyl (C=O) groups excluding carboxylic acids is 1. The van der Waals surface area contributed by atoms with Crippen LogP contribution in [0.4, 0.5) is 0 Å². The second kappa shape index (κ2) is 7.64. The maximum absolute atomic E-state index is 12.1. The third kappa shape index (κ3) is 4.58. The molecule has 122 valence electrons. The predicted octanol–water partition coefficient (Wildman–Crippen LogP) is 5.17. The van der Waals surface area contributed by atoms with E-state index in [2.05, 4.69) is 29.8 Å². The quantitative estimate of drug-likeness (QED) is 0.533. The van der Waals surface area contributed by atoms with Crippen molar-refractivity contribution >= 4 is 21.9 Å². The summed E-state index contributed by atoms with van der Waals surface area (Å²) in [5.41, 5.74) is 2.97. The number of hydrogen-bond donors (Lipinski definition) is 0. The molecule has 3 nitrogen and oxygen atoms in total. The van der Waals surface area contributed by atoms with E-state index in [1.807, 2.05) is 50.2 Å². The van der Waals surface area contributed by atoms with Crippen LogP contribution in [0, 0.1) is 13.8 Å². The van der Waals surface area contributed by atoms with E-state index < -0.39 is 5.97 Å². The molecule has 0 spiro atoms. The van der Waals surface area contributed by atoms with E-state index in [0.29, 0.717) is 5.75 Å². The van der Waals surface area contributed by atoms with E-state index in [9.17, 15) is 4.79 Å². The number of esters is 1. The van der Waals surface area contributed by atoms with Gasteiger partial charge in [0.1, 0.15) is 11.5 Å². The van der Waals surface area contributed by atoms with Gasteiger partial charge < -0.3 is 9.47 Å². The maximum atomic E-state index is 12.1. The number of carbonyl (C=O) groups is 1. The molecule has 0 bridgehead atoms. The highest BCUT2D eigenvalue weighted by molar-refractivity contribution is 9.10. The van der Waals surface area contributed by atoms with Crippen LogP contribution in [0.25, 0.3) is 0 Å². The molecule has 0 atom stereocenters. The predicted molar refractivity (Wildman–Crippen MR) is 95.3 cm³/mol. The Morgan fingerprint density at radius 1 is 1.13 bits per heavy atom. The molecule has 0 N–H and O–H groups in total. The standard InChI is InChI=1S/C19H21BrO3/c1-12(2)16-7-5-6-8-17(16)23-18(21)11-22-19-13(3)9-15(20)10-14(19)4/h5-10,12H,11H2,1-4H3. The zero-order valence-corrected chi connectivity index (χ0v) is 15.4. The molecule has 0 aromatic heterocycles. The molecule has 0 unspecified atom stereocenters. The van der Waals surface area contributed by atoms with Crippen LogP contribution in [0.2, 0.25) is 0 Å². The van der Waals surface area contributed by atoms with Gasteiger partial charge in [0.25, 0.3) is 0 Å². The van der Waals surface area contributed by atoms with Crippen LogP contribution in [0.1, 0.15) is 36.5 Å². The molecule has 0 aliphatic heterocycles. The van der Waals surface area contributed by atoms with Crippen molar-refractivity contribution in [3.63, 3.8) is 0 Å². The monoisotopic (exact) mass is 376 g/mol. The Kier molecular flexibility index (Phi) is 5.83. The van der Waals surface area contributed by atoms with Crippen molar-refractivity contribution in [2.75, 3.05) is 6.61 Å². The summed E-state index contributed by atoms with van der Waals surface area (Å²) >= 11 is 3.45. The van der Waals surface area contributed by atoms with Gasteiger partial charge in [-0.2, -0.15) is 0 Å². The van der Waals surface area contributed by atoms with E-state index in [-0.39, 0.29) is 12.5 Å². The molecule has 0 amide bonds. The summed E-state index contributed by atoms with van der Waals surface area (Å²) in [6.07, 6.45) is 0. The molecule has 0 heterocycles. The summed E-state index contributed by atoms with van der Waals surface area (Å²) in [5.74, 6) is 1.21. The van der Waals surface area contributed by atoms with Gasteiger partial charge in [-0.3, -0.25) is 0 Å². The van der Waals surface area contributed by atoms with Crippen molar-refractivity contribution < 1.29 is 14.3 Å². The van der Waals surface area contributed by atoms with Gasteiger partial charge in [0.2, 0.25) is 0 Å². The highest BCUT2D eigenvalue weighted by Crippen LogP contribution is 2.28. The summed E-state index contributed by atoms with van der Waals surface area (Å²) in [6.45, 7) is 7.92. The SMILES string of the molecule is Cc1cc(Br)cc(C)c1OCC(=O)Oc1ccccc1C(C)C. The van der Waals surface area contributed by atoms with Gasteiger partial charge >= 0.3 is 5.97 Å².